The Morgan fingerprint density at radius 1 is 1.08 bits per heavy atom. The number of aromatic nitrogens is 2. The summed E-state index contributed by atoms with van der Waals surface area (Å²) in [4.78, 5) is 33.9. The molecule has 0 bridgehead atoms. The predicted molar refractivity (Wildman–Crippen MR) is 142 cm³/mol. The van der Waals surface area contributed by atoms with Crippen molar-refractivity contribution in [2.45, 2.75) is 51.1 Å². The molecule has 38 heavy (non-hydrogen) atoms. The lowest BCUT2D eigenvalue weighted by Gasteiger charge is -2.29. The number of hydrogen-bond donors (Lipinski definition) is 2. The van der Waals surface area contributed by atoms with Crippen molar-refractivity contribution >= 4 is 16.9 Å². The molecule has 200 valence electrons. The van der Waals surface area contributed by atoms with Crippen LogP contribution >= 0.6 is 0 Å². The van der Waals surface area contributed by atoms with Crippen LogP contribution in [0.1, 0.15) is 48.9 Å². The third kappa shape index (κ3) is 4.92. The van der Waals surface area contributed by atoms with Crippen LogP contribution in [0.5, 0.6) is 5.75 Å². The maximum absolute atomic E-state index is 13.7. The first-order valence-corrected chi connectivity index (χ1v) is 13.5. The average Bonchev–Trinajstić information content (AvgIpc) is 3.70. The molecule has 0 unspecified atom stereocenters. The second kappa shape index (κ2) is 10.1. The van der Waals surface area contributed by atoms with Crippen LogP contribution in [0.4, 0.5) is 4.39 Å². The summed E-state index contributed by atoms with van der Waals surface area (Å²) in [5.41, 5.74) is 1.38. The van der Waals surface area contributed by atoms with Gasteiger partial charge in [0.2, 0.25) is 0 Å². The Morgan fingerprint density at radius 2 is 1.79 bits per heavy atom. The van der Waals surface area contributed by atoms with Gasteiger partial charge in [0.15, 0.2) is 0 Å². The summed E-state index contributed by atoms with van der Waals surface area (Å²) in [6.45, 7) is 3.73. The quantitative estimate of drug-likeness (QED) is 0.515. The normalized spacial score (nSPS) is 19.6. The highest BCUT2D eigenvalue weighted by Crippen LogP contribution is 2.56. The monoisotopic (exact) mass is 520 g/mol. The van der Waals surface area contributed by atoms with Gasteiger partial charge < -0.3 is 15.2 Å². The predicted octanol–water partition coefficient (Wildman–Crippen LogP) is 3.69. The van der Waals surface area contributed by atoms with Gasteiger partial charge in [0, 0.05) is 44.0 Å². The smallest absolute Gasteiger partial charge is 0.268 e. The van der Waals surface area contributed by atoms with Crippen molar-refractivity contribution in [3.63, 3.8) is 0 Å². The van der Waals surface area contributed by atoms with Crippen LogP contribution in [0.3, 0.4) is 0 Å². The number of rotatable bonds is 6. The standard InChI is InChI=1S/C29H33FN4O4/c30-21-3-1-19(2-4-21)20-17-23-25(35)24(27(36)32-22-5-7-29(8-6-22)9-10-29)28(37)34(26(23)31-18-20)12-11-33-13-15-38-16-14-33/h1-4,17-18,22,35H,5-16H2,(H,32,36). The number of pyridine rings is 2. The highest BCUT2D eigenvalue weighted by Gasteiger charge is 2.45. The first kappa shape index (κ1) is 25.0. The molecular weight excluding hydrogens is 487 g/mol. The van der Waals surface area contributed by atoms with Gasteiger partial charge in [-0.25, -0.2) is 9.37 Å². The molecule has 6 rings (SSSR count). The van der Waals surface area contributed by atoms with Gasteiger partial charge in [0.05, 0.1) is 18.6 Å². The van der Waals surface area contributed by atoms with Crippen LogP contribution in [0.25, 0.3) is 22.2 Å². The molecule has 0 radical (unpaired) electrons. The van der Waals surface area contributed by atoms with Gasteiger partial charge in [0.25, 0.3) is 11.5 Å². The van der Waals surface area contributed by atoms with Gasteiger partial charge in [0.1, 0.15) is 22.8 Å². The van der Waals surface area contributed by atoms with Crippen molar-refractivity contribution in [1.82, 2.24) is 19.8 Å². The van der Waals surface area contributed by atoms with Gasteiger partial charge >= 0.3 is 0 Å². The second-order valence-corrected chi connectivity index (χ2v) is 11.0. The SMILES string of the molecule is O=C(NC1CCC2(CC1)CC2)c1c(O)c2cc(-c3ccc(F)cc3)cnc2n(CCN2CCOCC2)c1=O. The third-order valence-corrected chi connectivity index (χ3v) is 8.56. The molecule has 0 atom stereocenters. The molecule has 1 amide bonds. The molecule has 1 spiro atoms. The molecule has 2 N–H and O–H groups in total. The molecule has 3 aliphatic rings. The van der Waals surface area contributed by atoms with E-state index in [1.54, 1.807) is 24.4 Å². The Balaban J connectivity index is 1.36. The maximum Gasteiger partial charge on any atom is 0.268 e. The van der Waals surface area contributed by atoms with Gasteiger partial charge in [-0.05, 0) is 67.7 Å². The molecular formula is C29H33FN4O4. The molecule has 3 aromatic rings. The summed E-state index contributed by atoms with van der Waals surface area (Å²) in [5.74, 6) is -1.26. The van der Waals surface area contributed by atoms with Crippen molar-refractivity contribution in [1.29, 1.82) is 0 Å². The number of halogens is 1. The van der Waals surface area contributed by atoms with E-state index < -0.39 is 11.5 Å². The minimum Gasteiger partial charge on any atom is -0.506 e. The number of nitrogens with zero attached hydrogens (tertiary/aromatic N) is 3. The fraction of sp³-hybridized carbons (Fsp3) is 0.483. The summed E-state index contributed by atoms with van der Waals surface area (Å²) < 4.78 is 20.4. The van der Waals surface area contributed by atoms with Crippen LogP contribution in [0, 0.1) is 11.2 Å². The number of nitrogens with one attached hydrogen (secondary N) is 1. The fourth-order valence-corrected chi connectivity index (χ4v) is 5.90. The number of carbonyl (C=O) groups excluding carboxylic acids is 1. The van der Waals surface area contributed by atoms with Crippen molar-refractivity contribution in [2.75, 3.05) is 32.8 Å². The molecule has 8 nitrogen and oxygen atoms in total. The minimum atomic E-state index is -0.544. The van der Waals surface area contributed by atoms with E-state index in [1.165, 1.54) is 29.5 Å². The maximum atomic E-state index is 13.7. The lowest BCUT2D eigenvalue weighted by atomic mass is 9.83. The number of carbonyl (C=O) groups is 1. The zero-order chi connectivity index (χ0) is 26.3. The first-order valence-electron chi connectivity index (χ1n) is 13.5. The van der Waals surface area contributed by atoms with Gasteiger partial charge in [-0.15, -0.1) is 0 Å². The highest BCUT2D eigenvalue weighted by molar-refractivity contribution is 6.02. The molecule has 2 aromatic heterocycles. The number of fused-ring (bicyclic) bond motifs is 1. The van der Waals surface area contributed by atoms with Crippen LogP contribution in [-0.4, -0.2) is 64.4 Å². The summed E-state index contributed by atoms with van der Waals surface area (Å²) >= 11 is 0. The third-order valence-electron chi connectivity index (χ3n) is 8.56. The molecule has 2 aliphatic carbocycles. The van der Waals surface area contributed by atoms with Crippen LogP contribution in [0.15, 0.2) is 41.3 Å². The Hall–Kier alpha value is -3.30. The Bertz CT molecular complexity index is 1400. The summed E-state index contributed by atoms with van der Waals surface area (Å²) in [6, 6.07) is 7.69. The molecule has 1 aliphatic heterocycles. The summed E-state index contributed by atoms with van der Waals surface area (Å²) in [5, 5.41) is 14.6. The van der Waals surface area contributed by atoms with E-state index in [1.807, 2.05) is 0 Å². The van der Waals surface area contributed by atoms with E-state index in [0.717, 1.165) is 38.8 Å². The summed E-state index contributed by atoms with van der Waals surface area (Å²) in [6.07, 6.45) is 8.12. The van der Waals surface area contributed by atoms with E-state index in [0.29, 0.717) is 53.9 Å². The molecule has 1 saturated heterocycles. The molecule has 3 heterocycles. The van der Waals surface area contributed by atoms with Crippen molar-refractivity contribution < 1.29 is 19.0 Å². The lowest BCUT2D eigenvalue weighted by molar-refractivity contribution is 0.0364. The van der Waals surface area contributed by atoms with E-state index >= 15 is 0 Å². The number of morpholine rings is 1. The van der Waals surface area contributed by atoms with E-state index in [9.17, 15) is 19.1 Å². The van der Waals surface area contributed by atoms with Gasteiger partial charge in [-0.3, -0.25) is 19.1 Å². The highest BCUT2D eigenvalue weighted by atomic mass is 19.1. The zero-order valence-electron chi connectivity index (χ0n) is 21.4. The zero-order valence-corrected chi connectivity index (χ0v) is 21.4. The van der Waals surface area contributed by atoms with Crippen LogP contribution < -0.4 is 10.9 Å². The van der Waals surface area contributed by atoms with Gasteiger partial charge in [-0.1, -0.05) is 12.1 Å². The Labute approximate surface area is 220 Å². The first-order chi connectivity index (χ1) is 18.4. The number of amides is 1. The largest absolute Gasteiger partial charge is 0.506 e. The Kier molecular flexibility index (Phi) is 6.65. The number of benzene rings is 1. The topological polar surface area (TPSA) is 96.7 Å². The van der Waals surface area contributed by atoms with E-state index in [2.05, 4.69) is 15.2 Å². The molecule has 3 fully saturated rings. The second-order valence-electron chi connectivity index (χ2n) is 11.0. The van der Waals surface area contributed by atoms with Crippen molar-refractivity contribution in [3.05, 3.63) is 58.3 Å². The van der Waals surface area contributed by atoms with Crippen LogP contribution in [0.2, 0.25) is 0 Å². The molecule has 9 heteroatoms. The van der Waals surface area contributed by atoms with Gasteiger partial charge in [-0.2, -0.15) is 0 Å². The number of ether oxygens (including phenoxy) is 1. The average molecular weight is 521 g/mol. The van der Waals surface area contributed by atoms with Crippen LogP contribution in [-0.2, 0) is 11.3 Å². The lowest BCUT2D eigenvalue weighted by Crippen LogP contribution is -2.42. The van der Waals surface area contributed by atoms with Crippen molar-refractivity contribution in [3.8, 4) is 16.9 Å². The Morgan fingerprint density at radius 3 is 2.47 bits per heavy atom. The number of aromatic hydroxyl groups is 1. The van der Waals surface area contributed by atoms with E-state index in [4.69, 9.17) is 4.74 Å². The fourth-order valence-electron chi connectivity index (χ4n) is 5.90. The van der Waals surface area contributed by atoms with Crippen molar-refractivity contribution in [2.24, 2.45) is 5.41 Å². The molecule has 2 saturated carbocycles. The van der Waals surface area contributed by atoms with E-state index in [-0.39, 0.29) is 23.2 Å². The summed E-state index contributed by atoms with van der Waals surface area (Å²) in [7, 11) is 0. The molecule has 1 aromatic carbocycles. The number of hydrogen-bond acceptors (Lipinski definition) is 6. The minimum absolute atomic E-state index is 0.00584.